The van der Waals surface area contributed by atoms with Gasteiger partial charge in [0.2, 0.25) is 0 Å². The number of halogens is 3. The molecule has 0 unspecified atom stereocenters. The van der Waals surface area contributed by atoms with Gasteiger partial charge in [0.15, 0.2) is 11.6 Å². The second kappa shape index (κ2) is 5.66. The molecule has 0 aliphatic rings. The largest absolute Gasteiger partial charge is 0.398 e. The van der Waals surface area contributed by atoms with Crippen LogP contribution in [0.4, 0.5) is 14.5 Å². The summed E-state index contributed by atoms with van der Waals surface area (Å²) < 4.78 is 26.9. The van der Waals surface area contributed by atoms with Crippen molar-refractivity contribution in [3.05, 3.63) is 50.1 Å². The number of nitrogens with one attached hydrogen (secondary N) is 1. The summed E-state index contributed by atoms with van der Waals surface area (Å²) in [7, 11) is 0. The Morgan fingerprint density at radius 3 is 2.68 bits per heavy atom. The molecule has 3 nitrogen and oxygen atoms in total. The first-order chi connectivity index (χ1) is 8.99. The summed E-state index contributed by atoms with van der Waals surface area (Å²) in [5.41, 5.74) is 5.32. The van der Waals surface area contributed by atoms with Gasteiger partial charge in [-0.1, -0.05) is 0 Å². The molecule has 0 aliphatic carbocycles. The lowest BCUT2D eigenvalue weighted by atomic mass is 10.1. The highest BCUT2D eigenvalue weighted by Crippen LogP contribution is 2.23. The molecule has 3 N–H and O–H groups in total. The third kappa shape index (κ3) is 3.10. The van der Waals surface area contributed by atoms with Crippen LogP contribution in [0.3, 0.4) is 0 Å². The molecule has 1 aromatic carbocycles. The zero-order chi connectivity index (χ0) is 14.0. The molecule has 0 fully saturated rings. The topological polar surface area (TPSA) is 55.1 Å². The van der Waals surface area contributed by atoms with Crippen molar-refractivity contribution >= 4 is 38.9 Å². The van der Waals surface area contributed by atoms with Crippen LogP contribution in [0.1, 0.15) is 15.2 Å². The third-order valence-corrected chi connectivity index (χ3v) is 4.36. The molecule has 0 saturated heterocycles. The minimum absolute atomic E-state index is 0.0772. The van der Waals surface area contributed by atoms with Crippen LogP contribution in [0.5, 0.6) is 0 Å². The summed E-state index contributed by atoms with van der Waals surface area (Å²) >= 11 is 4.80. The molecule has 0 saturated carbocycles. The van der Waals surface area contributed by atoms with E-state index in [-0.39, 0.29) is 17.8 Å². The zero-order valence-corrected chi connectivity index (χ0v) is 11.9. The van der Waals surface area contributed by atoms with Gasteiger partial charge in [-0.3, -0.25) is 4.79 Å². The second-order valence-corrected chi connectivity index (χ2v) is 5.58. The van der Waals surface area contributed by atoms with Crippen LogP contribution in [0.15, 0.2) is 28.1 Å². The number of nitrogens with two attached hydrogens (primary N) is 1. The Morgan fingerprint density at radius 1 is 1.37 bits per heavy atom. The quantitative estimate of drug-likeness (QED) is 0.837. The van der Waals surface area contributed by atoms with Crippen LogP contribution in [-0.4, -0.2) is 5.91 Å². The number of carbonyl (C=O) groups excluding carboxylic acids is 1. The monoisotopic (exact) mass is 346 g/mol. The van der Waals surface area contributed by atoms with Gasteiger partial charge in [0.25, 0.3) is 5.91 Å². The van der Waals surface area contributed by atoms with Crippen molar-refractivity contribution in [1.29, 1.82) is 0 Å². The van der Waals surface area contributed by atoms with Gasteiger partial charge in [-0.15, -0.1) is 11.3 Å². The van der Waals surface area contributed by atoms with E-state index in [1.807, 2.05) is 11.4 Å². The van der Waals surface area contributed by atoms with E-state index in [1.54, 1.807) is 0 Å². The first-order valence-corrected chi connectivity index (χ1v) is 6.91. The number of hydrogen-bond donors (Lipinski definition) is 2. The molecule has 0 spiro atoms. The standard InChI is InChI=1S/C12H9BrF2N2OS/c13-7-1-2-19-11(7)5-17-12(18)6-3-8(14)9(15)4-10(6)16/h1-4H,5,16H2,(H,17,18). The second-order valence-electron chi connectivity index (χ2n) is 3.73. The lowest BCUT2D eigenvalue weighted by molar-refractivity contribution is 0.0951. The maximum Gasteiger partial charge on any atom is 0.253 e. The highest BCUT2D eigenvalue weighted by Gasteiger charge is 2.14. The molecule has 2 aromatic rings. The third-order valence-electron chi connectivity index (χ3n) is 2.44. The Labute approximate surface area is 120 Å². The summed E-state index contributed by atoms with van der Waals surface area (Å²) in [6.45, 7) is 0.287. The zero-order valence-electron chi connectivity index (χ0n) is 9.54. The van der Waals surface area contributed by atoms with E-state index in [9.17, 15) is 13.6 Å². The number of thiophene rings is 1. The fourth-order valence-electron chi connectivity index (χ4n) is 1.47. The molecule has 0 bridgehead atoms. The summed E-state index contributed by atoms with van der Waals surface area (Å²) in [4.78, 5) is 12.8. The van der Waals surface area contributed by atoms with Crippen molar-refractivity contribution in [3.63, 3.8) is 0 Å². The Kier molecular flexibility index (Phi) is 4.16. The molecule has 1 aromatic heterocycles. The number of carbonyl (C=O) groups is 1. The highest BCUT2D eigenvalue weighted by atomic mass is 79.9. The van der Waals surface area contributed by atoms with Crippen LogP contribution in [0, 0.1) is 11.6 Å². The molecule has 0 radical (unpaired) electrons. The van der Waals surface area contributed by atoms with Gasteiger partial charge in [0.05, 0.1) is 12.1 Å². The minimum atomic E-state index is -1.10. The summed E-state index contributed by atoms with van der Waals surface area (Å²) in [6.07, 6.45) is 0. The van der Waals surface area contributed by atoms with Crippen LogP contribution in [0.25, 0.3) is 0 Å². The van der Waals surface area contributed by atoms with Crippen molar-refractivity contribution in [2.75, 3.05) is 5.73 Å². The average Bonchev–Trinajstić information content (AvgIpc) is 2.76. The molecule has 19 heavy (non-hydrogen) atoms. The number of hydrogen-bond acceptors (Lipinski definition) is 3. The number of amides is 1. The molecule has 0 aliphatic heterocycles. The normalized spacial score (nSPS) is 10.5. The highest BCUT2D eigenvalue weighted by molar-refractivity contribution is 9.10. The van der Waals surface area contributed by atoms with E-state index in [0.29, 0.717) is 0 Å². The molecule has 2 rings (SSSR count). The summed E-state index contributed by atoms with van der Waals surface area (Å²) in [6, 6.07) is 3.45. The first-order valence-electron chi connectivity index (χ1n) is 5.23. The van der Waals surface area contributed by atoms with Crippen LogP contribution in [0.2, 0.25) is 0 Å². The van der Waals surface area contributed by atoms with Crippen LogP contribution in [-0.2, 0) is 6.54 Å². The molecule has 100 valence electrons. The maximum atomic E-state index is 13.1. The Bertz CT molecular complexity index is 630. The van der Waals surface area contributed by atoms with Crippen molar-refractivity contribution < 1.29 is 13.6 Å². The van der Waals surface area contributed by atoms with Crippen LogP contribution >= 0.6 is 27.3 Å². The van der Waals surface area contributed by atoms with Crippen molar-refractivity contribution in [3.8, 4) is 0 Å². The summed E-state index contributed by atoms with van der Waals surface area (Å²) in [5.74, 6) is -2.72. The van der Waals surface area contributed by atoms with E-state index < -0.39 is 17.5 Å². The lowest BCUT2D eigenvalue weighted by Crippen LogP contribution is -2.23. The smallest absolute Gasteiger partial charge is 0.253 e. The minimum Gasteiger partial charge on any atom is -0.398 e. The molecule has 0 atom stereocenters. The van der Waals surface area contributed by atoms with Crippen LogP contribution < -0.4 is 11.1 Å². The van der Waals surface area contributed by atoms with E-state index in [2.05, 4.69) is 21.2 Å². The summed E-state index contributed by atoms with van der Waals surface area (Å²) in [5, 5.41) is 4.47. The fraction of sp³-hybridized carbons (Fsp3) is 0.0833. The Balaban J connectivity index is 2.12. The van der Waals surface area contributed by atoms with Gasteiger partial charge in [0.1, 0.15) is 0 Å². The van der Waals surface area contributed by atoms with E-state index in [1.165, 1.54) is 11.3 Å². The average molecular weight is 347 g/mol. The van der Waals surface area contributed by atoms with E-state index in [0.717, 1.165) is 21.5 Å². The number of benzene rings is 1. The molecular weight excluding hydrogens is 338 g/mol. The van der Waals surface area contributed by atoms with E-state index in [4.69, 9.17) is 5.73 Å². The number of rotatable bonds is 3. The predicted octanol–water partition coefficient (Wildman–Crippen LogP) is 3.30. The van der Waals surface area contributed by atoms with E-state index >= 15 is 0 Å². The molecule has 1 amide bonds. The molecular formula is C12H9BrF2N2OS. The van der Waals surface area contributed by atoms with Gasteiger partial charge in [-0.05, 0) is 33.4 Å². The molecule has 7 heteroatoms. The van der Waals surface area contributed by atoms with Gasteiger partial charge in [-0.25, -0.2) is 8.78 Å². The van der Waals surface area contributed by atoms with Crippen molar-refractivity contribution in [1.82, 2.24) is 5.32 Å². The van der Waals surface area contributed by atoms with Crippen molar-refractivity contribution in [2.24, 2.45) is 0 Å². The van der Waals surface area contributed by atoms with Gasteiger partial charge < -0.3 is 11.1 Å². The van der Waals surface area contributed by atoms with Gasteiger partial charge in [0, 0.05) is 21.1 Å². The Morgan fingerprint density at radius 2 is 2.05 bits per heavy atom. The number of nitrogen functional groups attached to an aromatic ring is 1. The lowest BCUT2D eigenvalue weighted by Gasteiger charge is -2.07. The van der Waals surface area contributed by atoms with Crippen molar-refractivity contribution in [2.45, 2.75) is 6.54 Å². The fourth-order valence-corrected chi connectivity index (χ4v) is 2.90. The first kappa shape index (κ1) is 14.0. The Hall–Kier alpha value is -1.47. The SMILES string of the molecule is Nc1cc(F)c(F)cc1C(=O)NCc1sccc1Br. The van der Waals surface area contributed by atoms with Gasteiger partial charge >= 0.3 is 0 Å². The van der Waals surface area contributed by atoms with Gasteiger partial charge in [-0.2, -0.15) is 0 Å². The maximum absolute atomic E-state index is 13.1. The predicted molar refractivity (Wildman–Crippen MR) is 74.0 cm³/mol. The number of anilines is 1. The molecule has 1 heterocycles.